The maximum Gasteiger partial charge on any atom is 0.284 e. The zero-order valence-corrected chi connectivity index (χ0v) is 21.0. The predicted octanol–water partition coefficient (Wildman–Crippen LogP) is 5.07. The van der Waals surface area contributed by atoms with E-state index in [0.29, 0.717) is 10.8 Å². The summed E-state index contributed by atoms with van der Waals surface area (Å²) in [6.07, 6.45) is 1.24. The minimum Gasteiger partial charge on any atom is -0.497 e. The van der Waals surface area contributed by atoms with E-state index in [2.05, 4.69) is 15.8 Å². The molecule has 0 aliphatic heterocycles. The molecule has 1 unspecified atom stereocenters. The lowest BCUT2D eigenvalue weighted by Gasteiger charge is -2.20. The number of ether oxygens (including phenoxy) is 1. The number of carbonyl (C=O) groups excluding carboxylic acids is 2. The van der Waals surface area contributed by atoms with Crippen molar-refractivity contribution in [3.63, 3.8) is 0 Å². The average Bonchev–Trinajstić information content (AvgIpc) is 3.30. The number of rotatable bonds is 9. The number of hydrazone groups is 1. The molecule has 188 valence electrons. The molecular weight excluding hydrogens is 511 g/mol. The van der Waals surface area contributed by atoms with E-state index in [9.17, 15) is 19.7 Å². The Morgan fingerprint density at radius 1 is 1.14 bits per heavy atom. The molecule has 1 aromatic heterocycles. The number of hydrogen-bond acceptors (Lipinski definition) is 7. The maximum absolute atomic E-state index is 12.7. The van der Waals surface area contributed by atoms with E-state index in [1.165, 1.54) is 43.7 Å². The lowest BCUT2D eigenvalue weighted by atomic mass is 10.0. The van der Waals surface area contributed by atoms with Gasteiger partial charge in [0.1, 0.15) is 23.3 Å². The van der Waals surface area contributed by atoms with Crippen LogP contribution in [-0.4, -0.2) is 36.1 Å². The van der Waals surface area contributed by atoms with Gasteiger partial charge in [0.2, 0.25) is 0 Å². The predicted molar refractivity (Wildman–Crippen MR) is 136 cm³/mol. The highest BCUT2D eigenvalue weighted by molar-refractivity contribution is 6.36. The smallest absolute Gasteiger partial charge is 0.284 e. The summed E-state index contributed by atoms with van der Waals surface area (Å²) in [5.74, 6) is -0.533. The summed E-state index contributed by atoms with van der Waals surface area (Å²) in [6, 6.07) is 11.0. The van der Waals surface area contributed by atoms with Crippen LogP contribution in [0.1, 0.15) is 30.0 Å². The van der Waals surface area contributed by atoms with Gasteiger partial charge in [-0.05, 0) is 48.4 Å². The first-order chi connectivity index (χ1) is 17.1. The van der Waals surface area contributed by atoms with E-state index < -0.39 is 22.8 Å². The van der Waals surface area contributed by atoms with Crippen molar-refractivity contribution in [3.8, 4) is 17.1 Å². The molecule has 12 heteroatoms. The molecule has 3 aromatic rings. The van der Waals surface area contributed by atoms with Crippen LogP contribution in [0, 0.1) is 16.0 Å². The van der Waals surface area contributed by atoms with E-state index in [1.807, 2.05) is 0 Å². The van der Waals surface area contributed by atoms with Gasteiger partial charge in [0.05, 0.1) is 40.5 Å². The second-order valence-corrected chi connectivity index (χ2v) is 8.74. The summed E-state index contributed by atoms with van der Waals surface area (Å²) in [7, 11) is 1.41. The summed E-state index contributed by atoms with van der Waals surface area (Å²) < 4.78 is 10.7. The largest absolute Gasteiger partial charge is 0.497 e. The number of nitro groups is 1. The van der Waals surface area contributed by atoms with Gasteiger partial charge >= 0.3 is 0 Å². The Hall–Kier alpha value is -3.89. The number of nitrogens with zero attached hydrogens (tertiary/aromatic N) is 2. The summed E-state index contributed by atoms with van der Waals surface area (Å²) >= 11 is 12.0. The molecule has 3 rings (SSSR count). The van der Waals surface area contributed by atoms with E-state index in [1.54, 1.807) is 32.0 Å². The van der Waals surface area contributed by atoms with Crippen molar-refractivity contribution in [1.82, 2.24) is 10.7 Å². The molecule has 36 heavy (non-hydrogen) atoms. The molecular formula is C24H22Cl2N4O6. The number of amides is 2. The van der Waals surface area contributed by atoms with Gasteiger partial charge in [-0.15, -0.1) is 0 Å². The van der Waals surface area contributed by atoms with Crippen molar-refractivity contribution in [2.75, 3.05) is 7.11 Å². The molecule has 0 saturated heterocycles. The molecule has 0 fully saturated rings. The van der Waals surface area contributed by atoms with Crippen molar-refractivity contribution in [2.24, 2.45) is 11.0 Å². The van der Waals surface area contributed by atoms with Crippen LogP contribution in [-0.2, 0) is 4.79 Å². The highest BCUT2D eigenvalue weighted by atomic mass is 35.5. The number of furan rings is 1. The standard InChI is InChI=1S/C24H22Cl2N4O6/c1-13(2)22(28-23(31)17-7-4-14(25)10-19(17)26)24(32)29-27-12-16-6-9-21(36-16)18-8-5-15(35-3)11-20(18)30(33)34/h4-13,22H,1-3H3,(H,28,31)(H,29,32). The minimum absolute atomic E-state index is 0.159. The number of nitro benzene ring substituents is 1. The van der Waals surface area contributed by atoms with E-state index >= 15 is 0 Å². The van der Waals surface area contributed by atoms with E-state index in [-0.39, 0.29) is 39.3 Å². The van der Waals surface area contributed by atoms with Crippen LogP contribution in [0.3, 0.4) is 0 Å². The van der Waals surface area contributed by atoms with Crippen LogP contribution in [0.2, 0.25) is 10.0 Å². The molecule has 2 N–H and O–H groups in total. The molecule has 0 aliphatic rings. The zero-order valence-electron chi connectivity index (χ0n) is 19.5. The van der Waals surface area contributed by atoms with E-state index in [0.717, 1.165) is 0 Å². The van der Waals surface area contributed by atoms with Crippen LogP contribution >= 0.6 is 23.2 Å². The summed E-state index contributed by atoms with van der Waals surface area (Å²) in [5.41, 5.74) is 2.62. The van der Waals surface area contributed by atoms with Crippen molar-refractivity contribution < 1.29 is 23.7 Å². The van der Waals surface area contributed by atoms with Crippen LogP contribution in [0.5, 0.6) is 5.75 Å². The van der Waals surface area contributed by atoms with Crippen molar-refractivity contribution in [3.05, 3.63) is 80.0 Å². The van der Waals surface area contributed by atoms with E-state index in [4.69, 9.17) is 32.4 Å². The zero-order chi connectivity index (χ0) is 26.4. The second kappa shape index (κ2) is 11.7. The van der Waals surface area contributed by atoms with Gasteiger partial charge in [0.15, 0.2) is 0 Å². The minimum atomic E-state index is -0.907. The van der Waals surface area contributed by atoms with Gasteiger partial charge in [-0.2, -0.15) is 5.10 Å². The fraction of sp³-hybridized carbons (Fsp3) is 0.208. The van der Waals surface area contributed by atoms with Gasteiger partial charge in [0, 0.05) is 5.02 Å². The summed E-state index contributed by atoms with van der Waals surface area (Å²) in [5, 5.41) is 18.5. The number of benzene rings is 2. The number of carbonyl (C=O) groups is 2. The third-order valence-electron chi connectivity index (χ3n) is 5.07. The van der Waals surface area contributed by atoms with Gasteiger partial charge in [-0.3, -0.25) is 19.7 Å². The molecule has 1 heterocycles. The highest BCUT2D eigenvalue weighted by Crippen LogP contribution is 2.34. The Morgan fingerprint density at radius 2 is 1.89 bits per heavy atom. The molecule has 2 amide bonds. The fourth-order valence-corrected chi connectivity index (χ4v) is 3.72. The normalized spacial score (nSPS) is 11.9. The molecule has 0 aliphatic carbocycles. The Kier molecular flexibility index (Phi) is 8.68. The molecule has 0 bridgehead atoms. The summed E-state index contributed by atoms with van der Waals surface area (Å²) in [4.78, 5) is 36.2. The fourth-order valence-electron chi connectivity index (χ4n) is 3.22. The first-order valence-corrected chi connectivity index (χ1v) is 11.4. The second-order valence-electron chi connectivity index (χ2n) is 7.90. The first-order valence-electron chi connectivity index (χ1n) is 10.6. The maximum atomic E-state index is 12.7. The molecule has 1 atom stereocenters. The monoisotopic (exact) mass is 532 g/mol. The Balaban J connectivity index is 1.69. The topological polar surface area (TPSA) is 136 Å². The Bertz CT molecular complexity index is 1320. The van der Waals surface area contributed by atoms with Crippen LogP contribution in [0.15, 0.2) is 58.0 Å². The highest BCUT2D eigenvalue weighted by Gasteiger charge is 2.25. The quantitative estimate of drug-likeness (QED) is 0.224. The Morgan fingerprint density at radius 3 is 2.53 bits per heavy atom. The van der Waals surface area contributed by atoms with Crippen LogP contribution in [0.4, 0.5) is 5.69 Å². The average molecular weight is 533 g/mol. The third-order valence-corrected chi connectivity index (χ3v) is 5.62. The van der Waals surface area contributed by atoms with Crippen molar-refractivity contribution in [2.45, 2.75) is 19.9 Å². The van der Waals surface area contributed by atoms with Gasteiger partial charge < -0.3 is 14.5 Å². The van der Waals surface area contributed by atoms with Crippen molar-refractivity contribution in [1.29, 1.82) is 0 Å². The first kappa shape index (κ1) is 26.7. The summed E-state index contributed by atoms with van der Waals surface area (Å²) in [6.45, 7) is 3.52. The number of halogens is 2. The van der Waals surface area contributed by atoms with Crippen LogP contribution in [0.25, 0.3) is 11.3 Å². The number of methoxy groups -OCH3 is 1. The lowest BCUT2D eigenvalue weighted by molar-refractivity contribution is -0.384. The van der Waals surface area contributed by atoms with Crippen LogP contribution < -0.4 is 15.5 Å². The van der Waals surface area contributed by atoms with Gasteiger partial charge in [0.25, 0.3) is 17.5 Å². The van der Waals surface area contributed by atoms with Gasteiger partial charge in [-0.25, -0.2) is 5.43 Å². The molecule has 2 aromatic carbocycles. The number of nitrogens with one attached hydrogen (secondary N) is 2. The number of hydrogen-bond donors (Lipinski definition) is 2. The molecule has 0 radical (unpaired) electrons. The molecule has 0 spiro atoms. The third kappa shape index (κ3) is 6.41. The van der Waals surface area contributed by atoms with Gasteiger partial charge in [-0.1, -0.05) is 37.0 Å². The molecule has 10 nitrogen and oxygen atoms in total. The Labute approximate surface area is 216 Å². The lowest BCUT2D eigenvalue weighted by Crippen LogP contribution is -2.48. The SMILES string of the molecule is COc1ccc(-c2ccc(C=NNC(=O)C(NC(=O)c3ccc(Cl)cc3Cl)C(C)C)o2)c([N+](=O)[O-])c1. The van der Waals surface area contributed by atoms with Crippen molar-refractivity contribution >= 4 is 46.9 Å². The molecule has 0 saturated carbocycles.